The maximum absolute atomic E-state index is 12.8. The molecule has 0 fully saturated rings. The summed E-state index contributed by atoms with van der Waals surface area (Å²) in [4.78, 5) is 30.6. The number of carbonyl (C=O) groups excluding carboxylic acids is 1. The average molecular weight is 381 g/mol. The Morgan fingerprint density at radius 3 is 2.93 bits per heavy atom. The quantitative estimate of drug-likeness (QED) is 0.576. The van der Waals surface area contributed by atoms with Crippen molar-refractivity contribution in [3.8, 4) is 0 Å². The van der Waals surface area contributed by atoms with Crippen LogP contribution >= 0.6 is 11.3 Å². The van der Waals surface area contributed by atoms with Crippen LogP contribution in [0.5, 0.6) is 0 Å². The Morgan fingerprint density at radius 2 is 2.19 bits per heavy atom. The standard InChI is InChI=1S/C19H19N5O2S/c1-3-16-22-23(11-17(25)21-12(2)14-6-4-5-8-20-14)18(26)15-10-13-7-9-27-19(13)24(15)16/h4-10,12H,3,11H2,1-2H3,(H,21,25)/t12-/m1/s1. The van der Waals surface area contributed by atoms with Crippen LogP contribution in [0.3, 0.4) is 0 Å². The van der Waals surface area contributed by atoms with Crippen molar-refractivity contribution >= 4 is 33.0 Å². The zero-order valence-electron chi connectivity index (χ0n) is 15.0. The molecule has 0 aromatic carbocycles. The first-order chi connectivity index (χ1) is 13.1. The minimum Gasteiger partial charge on any atom is -0.346 e. The number of amides is 1. The number of thiophene rings is 1. The Bertz CT molecular complexity index is 1180. The van der Waals surface area contributed by atoms with Gasteiger partial charge in [0.2, 0.25) is 5.91 Å². The Kier molecular flexibility index (Phi) is 4.49. The highest BCUT2D eigenvalue weighted by atomic mass is 32.1. The van der Waals surface area contributed by atoms with Crippen LogP contribution in [0.4, 0.5) is 0 Å². The van der Waals surface area contributed by atoms with Crippen molar-refractivity contribution in [3.05, 3.63) is 63.8 Å². The molecule has 0 saturated heterocycles. The van der Waals surface area contributed by atoms with Gasteiger partial charge in [0.1, 0.15) is 22.7 Å². The van der Waals surface area contributed by atoms with E-state index in [1.54, 1.807) is 17.5 Å². The SMILES string of the molecule is CCc1nn(CC(=O)N[C@H](C)c2ccccn2)c(=O)c2cc3ccsc3n12. The van der Waals surface area contributed by atoms with Crippen LogP contribution in [0.2, 0.25) is 0 Å². The molecular weight excluding hydrogens is 362 g/mol. The molecule has 4 aromatic rings. The average Bonchev–Trinajstić information content (AvgIpc) is 3.26. The molecule has 7 nitrogen and oxygen atoms in total. The Labute approximate surface area is 159 Å². The van der Waals surface area contributed by atoms with Gasteiger partial charge < -0.3 is 5.32 Å². The molecule has 1 atom stereocenters. The molecule has 0 aliphatic heterocycles. The molecule has 0 unspecified atom stereocenters. The van der Waals surface area contributed by atoms with E-state index in [0.717, 1.165) is 21.7 Å². The minimum atomic E-state index is -0.275. The molecule has 4 rings (SSSR count). The second kappa shape index (κ2) is 6.96. The van der Waals surface area contributed by atoms with Crippen LogP contribution in [0.15, 0.2) is 46.7 Å². The molecule has 8 heteroatoms. The van der Waals surface area contributed by atoms with Crippen molar-refractivity contribution in [1.82, 2.24) is 24.5 Å². The molecule has 0 aliphatic rings. The van der Waals surface area contributed by atoms with E-state index in [9.17, 15) is 9.59 Å². The van der Waals surface area contributed by atoms with Gasteiger partial charge in [-0.1, -0.05) is 13.0 Å². The van der Waals surface area contributed by atoms with Crippen molar-refractivity contribution in [3.63, 3.8) is 0 Å². The number of rotatable bonds is 5. The summed E-state index contributed by atoms with van der Waals surface area (Å²) in [7, 11) is 0. The van der Waals surface area contributed by atoms with Crippen LogP contribution < -0.4 is 10.9 Å². The van der Waals surface area contributed by atoms with Gasteiger partial charge in [-0.3, -0.25) is 19.0 Å². The van der Waals surface area contributed by atoms with E-state index in [1.807, 2.05) is 54.0 Å². The summed E-state index contributed by atoms with van der Waals surface area (Å²) in [5, 5.41) is 10.3. The highest BCUT2D eigenvalue weighted by molar-refractivity contribution is 7.16. The van der Waals surface area contributed by atoms with Gasteiger partial charge in [-0.2, -0.15) is 5.10 Å². The number of aromatic nitrogens is 4. The number of hydrogen-bond donors (Lipinski definition) is 1. The third-order valence-electron chi connectivity index (χ3n) is 4.48. The molecule has 1 amide bonds. The monoisotopic (exact) mass is 381 g/mol. The van der Waals surface area contributed by atoms with Gasteiger partial charge in [0.25, 0.3) is 5.56 Å². The van der Waals surface area contributed by atoms with Crippen LogP contribution in [0.25, 0.3) is 15.7 Å². The summed E-state index contributed by atoms with van der Waals surface area (Å²) < 4.78 is 3.14. The van der Waals surface area contributed by atoms with Crippen LogP contribution in [-0.4, -0.2) is 25.1 Å². The highest BCUT2D eigenvalue weighted by Crippen LogP contribution is 2.24. The van der Waals surface area contributed by atoms with Crippen molar-refractivity contribution in [1.29, 1.82) is 0 Å². The minimum absolute atomic E-state index is 0.127. The first-order valence-electron chi connectivity index (χ1n) is 8.77. The largest absolute Gasteiger partial charge is 0.346 e. The summed E-state index contributed by atoms with van der Waals surface area (Å²) in [6.07, 6.45) is 2.34. The van der Waals surface area contributed by atoms with Crippen molar-refractivity contribution in [2.45, 2.75) is 32.9 Å². The first kappa shape index (κ1) is 17.4. The molecule has 0 spiro atoms. The van der Waals surface area contributed by atoms with E-state index in [-0.39, 0.29) is 24.1 Å². The van der Waals surface area contributed by atoms with Gasteiger partial charge in [-0.25, -0.2) is 4.68 Å². The topological polar surface area (TPSA) is 81.3 Å². The number of hydrogen-bond acceptors (Lipinski definition) is 5. The summed E-state index contributed by atoms with van der Waals surface area (Å²) in [6, 6.07) is 9.14. The number of carbonyl (C=O) groups is 1. The predicted molar refractivity (Wildman–Crippen MR) is 105 cm³/mol. The first-order valence-corrected chi connectivity index (χ1v) is 9.65. The number of aryl methyl sites for hydroxylation is 1. The second-order valence-corrected chi connectivity index (χ2v) is 7.22. The number of nitrogens with one attached hydrogen (secondary N) is 1. The van der Waals surface area contributed by atoms with Crippen molar-refractivity contribution < 1.29 is 4.79 Å². The fourth-order valence-corrected chi connectivity index (χ4v) is 4.08. The lowest BCUT2D eigenvalue weighted by Crippen LogP contribution is -2.36. The number of fused-ring (bicyclic) bond motifs is 3. The molecule has 4 aromatic heterocycles. The summed E-state index contributed by atoms with van der Waals surface area (Å²) in [6.45, 7) is 3.72. The third-order valence-corrected chi connectivity index (χ3v) is 5.39. The van der Waals surface area contributed by atoms with Crippen molar-refractivity contribution in [2.24, 2.45) is 0 Å². The maximum Gasteiger partial charge on any atom is 0.291 e. The predicted octanol–water partition coefficient (Wildman–Crippen LogP) is 2.55. The van der Waals surface area contributed by atoms with Gasteiger partial charge in [-0.05, 0) is 36.6 Å². The summed E-state index contributed by atoms with van der Waals surface area (Å²) in [5.41, 5.74) is 1.05. The molecule has 4 heterocycles. The van der Waals surface area contributed by atoms with Crippen LogP contribution in [0, 0.1) is 0 Å². The Morgan fingerprint density at radius 1 is 1.33 bits per heavy atom. The third kappa shape index (κ3) is 3.12. The van der Waals surface area contributed by atoms with E-state index in [1.165, 1.54) is 4.68 Å². The lowest BCUT2D eigenvalue weighted by Gasteiger charge is -2.14. The summed E-state index contributed by atoms with van der Waals surface area (Å²) >= 11 is 1.58. The van der Waals surface area contributed by atoms with E-state index in [4.69, 9.17) is 0 Å². The molecule has 0 aliphatic carbocycles. The van der Waals surface area contributed by atoms with Gasteiger partial charge in [0, 0.05) is 18.0 Å². The number of nitrogens with zero attached hydrogens (tertiary/aromatic N) is 4. The molecule has 0 bridgehead atoms. The fraction of sp³-hybridized carbons (Fsp3) is 0.263. The fourth-order valence-electron chi connectivity index (χ4n) is 3.16. The van der Waals surface area contributed by atoms with Gasteiger partial charge in [-0.15, -0.1) is 11.3 Å². The zero-order chi connectivity index (χ0) is 19.0. The van der Waals surface area contributed by atoms with Crippen LogP contribution in [-0.2, 0) is 17.8 Å². The second-order valence-electron chi connectivity index (χ2n) is 6.32. The molecule has 27 heavy (non-hydrogen) atoms. The van der Waals surface area contributed by atoms with Crippen molar-refractivity contribution in [2.75, 3.05) is 0 Å². The van der Waals surface area contributed by atoms with E-state index in [2.05, 4.69) is 15.4 Å². The van der Waals surface area contributed by atoms with Crippen LogP contribution in [0.1, 0.15) is 31.4 Å². The lowest BCUT2D eigenvalue weighted by atomic mass is 10.2. The van der Waals surface area contributed by atoms with Gasteiger partial charge >= 0.3 is 0 Å². The molecular formula is C19H19N5O2S. The lowest BCUT2D eigenvalue weighted by molar-refractivity contribution is -0.122. The Hall–Kier alpha value is -3.00. The molecule has 138 valence electrons. The van der Waals surface area contributed by atoms with E-state index in [0.29, 0.717) is 11.9 Å². The smallest absolute Gasteiger partial charge is 0.291 e. The van der Waals surface area contributed by atoms with E-state index >= 15 is 0 Å². The molecule has 0 radical (unpaired) electrons. The zero-order valence-corrected chi connectivity index (χ0v) is 15.9. The Balaban J connectivity index is 1.64. The van der Waals surface area contributed by atoms with E-state index < -0.39 is 0 Å². The molecule has 0 saturated carbocycles. The summed E-state index contributed by atoms with van der Waals surface area (Å²) in [5.74, 6) is 0.482. The number of pyridine rings is 1. The highest BCUT2D eigenvalue weighted by Gasteiger charge is 2.17. The maximum atomic E-state index is 12.8. The van der Waals surface area contributed by atoms with Gasteiger partial charge in [0.15, 0.2) is 0 Å². The van der Waals surface area contributed by atoms with Gasteiger partial charge in [0.05, 0.1) is 11.7 Å². The normalized spacial score (nSPS) is 12.5. The molecule has 1 N–H and O–H groups in total.